The van der Waals surface area contributed by atoms with E-state index in [2.05, 4.69) is 16.4 Å². The van der Waals surface area contributed by atoms with E-state index in [-0.39, 0.29) is 0 Å². The molecule has 1 aliphatic heterocycles. The third-order valence-corrected chi connectivity index (χ3v) is 2.53. The van der Waals surface area contributed by atoms with Crippen LogP contribution in [0.15, 0.2) is 18.3 Å². The fourth-order valence-electron chi connectivity index (χ4n) is 1.90. The first-order valence-corrected chi connectivity index (χ1v) is 4.53. The summed E-state index contributed by atoms with van der Waals surface area (Å²) in [6, 6.07) is 6.00. The van der Waals surface area contributed by atoms with Crippen molar-refractivity contribution in [2.45, 2.75) is 6.42 Å². The summed E-state index contributed by atoms with van der Waals surface area (Å²) >= 11 is 0. The molecule has 68 valence electrons. The Morgan fingerprint density at radius 1 is 1.50 bits per heavy atom. The Hall–Kier alpha value is -2.02. The second-order valence-electron chi connectivity index (χ2n) is 3.34. The zero-order valence-electron chi connectivity index (χ0n) is 7.49. The predicted molar refractivity (Wildman–Crippen MR) is 52.1 cm³/mol. The molecular weight excluding hydrogens is 176 g/mol. The van der Waals surface area contributed by atoms with Gasteiger partial charge in [-0.15, -0.1) is 0 Å². The fraction of sp³-hybridized carbons (Fsp3) is 0.200. The summed E-state index contributed by atoms with van der Waals surface area (Å²) in [7, 11) is 0. The van der Waals surface area contributed by atoms with Gasteiger partial charge in [-0.05, 0) is 12.1 Å². The van der Waals surface area contributed by atoms with Gasteiger partial charge in [0, 0.05) is 24.9 Å². The Morgan fingerprint density at radius 2 is 2.43 bits per heavy atom. The summed E-state index contributed by atoms with van der Waals surface area (Å²) in [6.07, 6.45) is 2.79. The van der Waals surface area contributed by atoms with Gasteiger partial charge in [0.15, 0.2) is 5.69 Å². The summed E-state index contributed by atoms with van der Waals surface area (Å²) in [4.78, 5) is 4.18. The number of fused-ring (bicyclic) bond motifs is 3. The average molecular weight is 184 g/mol. The lowest BCUT2D eigenvalue weighted by atomic mass is 10.3. The second kappa shape index (κ2) is 2.48. The molecule has 2 aromatic heterocycles. The minimum absolute atomic E-state index is 0.477. The van der Waals surface area contributed by atoms with Crippen LogP contribution in [0.3, 0.4) is 0 Å². The highest BCUT2D eigenvalue weighted by atomic mass is 15.1. The van der Waals surface area contributed by atoms with Gasteiger partial charge in [-0.1, -0.05) is 0 Å². The topological polar surface area (TPSA) is 53.1 Å². The van der Waals surface area contributed by atoms with Crippen molar-refractivity contribution in [3.8, 4) is 6.07 Å². The maximum Gasteiger partial charge on any atom is 0.159 e. The lowest BCUT2D eigenvalue weighted by Gasteiger charge is -2.01. The molecule has 0 radical (unpaired) electrons. The van der Waals surface area contributed by atoms with E-state index in [9.17, 15) is 0 Å². The summed E-state index contributed by atoms with van der Waals surface area (Å²) in [5.74, 6) is 0. The summed E-state index contributed by atoms with van der Waals surface area (Å²) in [5.41, 5.74) is 3.70. The smallest absolute Gasteiger partial charge is 0.159 e. The van der Waals surface area contributed by atoms with Crippen LogP contribution < -0.4 is 5.32 Å². The molecule has 4 nitrogen and oxygen atoms in total. The number of anilines is 1. The van der Waals surface area contributed by atoms with Crippen LogP contribution in [0.1, 0.15) is 11.4 Å². The molecule has 0 saturated heterocycles. The first-order chi connectivity index (χ1) is 6.88. The Morgan fingerprint density at radius 3 is 3.29 bits per heavy atom. The number of rotatable bonds is 0. The molecule has 0 atom stereocenters. The van der Waals surface area contributed by atoms with E-state index in [0.717, 1.165) is 24.3 Å². The van der Waals surface area contributed by atoms with Crippen molar-refractivity contribution in [2.24, 2.45) is 0 Å². The minimum atomic E-state index is 0.477. The monoisotopic (exact) mass is 184 g/mol. The lowest BCUT2D eigenvalue weighted by Crippen LogP contribution is -1.91. The van der Waals surface area contributed by atoms with Gasteiger partial charge in [0.1, 0.15) is 11.7 Å². The molecule has 0 aliphatic carbocycles. The van der Waals surface area contributed by atoms with Crippen molar-refractivity contribution in [2.75, 3.05) is 11.9 Å². The van der Waals surface area contributed by atoms with Gasteiger partial charge >= 0.3 is 0 Å². The van der Waals surface area contributed by atoms with Gasteiger partial charge in [-0.3, -0.25) is 0 Å². The van der Waals surface area contributed by atoms with Gasteiger partial charge in [0.2, 0.25) is 0 Å². The Kier molecular flexibility index (Phi) is 1.31. The molecule has 3 heterocycles. The van der Waals surface area contributed by atoms with Gasteiger partial charge in [-0.2, -0.15) is 5.26 Å². The Balaban J connectivity index is 2.38. The average Bonchev–Trinajstić information content (AvgIpc) is 2.82. The van der Waals surface area contributed by atoms with Crippen LogP contribution in [-0.2, 0) is 6.42 Å². The van der Waals surface area contributed by atoms with Gasteiger partial charge in [-0.25, -0.2) is 4.98 Å². The number of hydrogen-bond acceptors (Lipinski definition) is 3. The van der Waals surface area contributed by atoms with Crippen LogP contribution in [0, 0.1) is 11.3 Å². The Bertz CT molecular complexity index is 547. The van der Waals surface area contributed by atoms with Crippen molar-refractivity contribution in [3.05, 3.63) is 29.7 Å². The molecule has 1 aliphatic rings. The number of hydrogen-bond donors (Lipinski definition) is 1. The van der Waals surface area contributed by atoms with Crippen molar-refractivity contribution in [3.63, 3.8) is 0 Å². The first kappa shape index (κ1) is 7.39. The third-order valence-electron chi connectivity index (χ3n) is 2.53. The maximum atomic E-state index is 8.75. The third kappa shape index (κ3) is 0.839. The van der Waals surface area contributed by atoms with Gasteiger partial charge < -0.3 is 9.72 Å². The standard InChI is InChI=1S/C10H8N4/c11-5-7-6-14-9-3-4-12-8(9)1-2-10(14)13-7/h1-2,6,12H,3-4H2. The second-order valence-corrected chi connectivity index (χ2v) is 3.34. The molecule has 14 heavy (non-hydrogen) atoms. The molecule has 0 spiro atoms. The highest BCUT2D eigenvalue weighted by Crippen LogP contribution is 2.23. The molecular formula is C10H8N4. The van der Waals surface area contributed by atoms with Gasteiger partial charge in [0.05, 0.1) is 5.69 Å². The molecule has 3 rings (SSSR count). The van der Waals surface area contributed by atoms with E-state index < -0.39 is 0 Å². The van der Waals surface area contributed by atoms with Crippen LogP contribution in [0.2, 0.25) is 0 Å². The molecule has 2 aromatic rings. The van der Waals surface area contributed by atoms with Crippen LogP contribution in [-0.4, -0.2) is 15.9 Å². The molecule has 0 aromatic carbocycles. The van der Waals surface area contributed by atoms with E-state index >= 15 is 0 Å². The molecule has 0 unspecified atom stereocenters. The molecule has 4 heteroatoms. The number of pyridine rings is 1. The number of nitrogens with one attached hydrogen (secondary N) is 1. The number of nitrogens with zero attached hydrogens (tertiary/aromatic N) is 3. The van der Waals surface area contributed by atoms with Crippen molar-refractivity contribution < 1.29 is 0 Å². The summed E-state index contributed by atoms with van der Waals surface area (Å²) < 4.78 is 1.99. The molecule has 0 bridgehead atoms. The fourth-order valence-corrected chi connectivity index (χ4v) is 1.90. The van der Waals surface area contributed by atoms with Crippen molar-refractivity contribution >= 4 is 11.3 Å². The van der Waals surface area contributed by atoms with E-state index in [1.807, 2.05) is 16.5 Å². The van der Waals surface area contributed by atoms with E-state index in [1.54, 1.807) is 6.20 Å². The SMILES string of the molecule is N#Cc1cn2c3c(ccc2n1)NCC3. The first-order valence-electron chi connectivity index (χ1n) is 4.53. The predicted octanol–water partition coefficient (Wildman–Crippen LogP) is 1.17. The zero-order valence-corrected chi connectivity index (χ0v) is 7.49. The highest BCUT2D eigenvalue weighted by Gasteiger charge is 2.14. The van der Waals surface area contributed by atoms with Crippen LogP contribution in [0.5, 0.6) is 0 Å². The number of imidazole rings is 1. The summed E-state index contributed by atoms with van der Waals surface area (Å²) in [5, 5.41) is 12.0. The lowest BCUT2D eigenvalue weighted by molar-refractivity contribution is 0.997. The molecule has 1 N–H and O–H groups in total. The summed E-state index contributed by atoms with van der Waals surface area (Å²) in [6.45, 7) is 0.967. The molecule has 0 saturated carbocycles. The largest absolute Gasteiger partial charge is 0.383 e. The minimum Gasteiger partial charge on any atom is -0.383 e. The van der Waals surface area contributed by atoms with Crippen LogP contribution in [0.25, 0.3) is 5.65 Å². The van der Waals surface area contributed by atoms with Crippen LogP contribution in [0.4, 0.5) is 5.69 Å². The number of nitriles is 1. The van der Waals surface area contributed by atoms with E-state index in [1.165, 1.54) is 5.69 Å². The highest BCUT2D eigenvalue weighted by molar-refractivity contribution is 5.59. The van der Waals surface area contributed by atoms with Crippen LogP contribution >= 0.6 is 0 Å². The zero-order chi connectivity index (χ0) is 9.54. The maximum absolute atomic E-state index is 8.75. The molecule has 0 fully saturated rings. The van der Waals surface area contributed by atoms with Gasteiger partial charge in [0.25, 0.3) is 0 Å². The molecule has 0 amide bonds. The quantitative estimate of drug-likeness (QED) is 0.668. The number of aromatic nitrogens is 2. The van der Waals surface area contributed by atoms with E-state index in [0.29, 0.717) is 5.69 Å². The van der Waals surface area contributed by atoms with Crippen molar-refractivity contribution in [1.82, 2.24) is 9.38 Å². The Labute approximate surface area is 80.8 Å². The normalized spacial score (nSPS) is 13.6. The van der Waals surface area contributed by atoms with E-state index in [4.69, 9.17) is 5.26 Å². The van der Waals surface area contributed by atoms with Crippen molar-refractivity contribution in [1.29, 1.82) is 5.26 Å².